The lowest BCUT2D eigenvalue weighted by Gasteiger charge is -2.16. The van der Waals surface area contributed by atoms with Crippen LogP contribution in [0.1, 0.15) is 32.7 Å². The first-order valence-electron chi connectivity index (χ1n) is 5.57. The number of rotatable bonds is 3. The quantitative estimate of drug-likeness (QED) is 0.787. The van der Waals surface area contributed by atoms with Gasteiger partial charge in [0.05, 0.1) is 16.1 Å². The predicted octanol–water partition coefficient (Wildman–Crippen LogP) is 4.71. The summed E-state index contributed by atoms with van der Waals surface area (Å²) in [5, 5.41) is 0.761. The lowest BCUT2D eigenvalue weighted by Crippen LogP contribution is -2.06. The van der Waals surface area contributed by atoms with Gasteiger partial charge in [-0.15, -0.1) is 0 Å². The van der Waals surface area contributed by atoms with Crippen LogP contribution in [0.2, 0.25) is 5.02 Å². The summed E-state index contributed by atoms with van der Waals surface area (Å²) in [4.78, 5) is 3.21. The number of imidazole rings is 1. The highest BCUT2D eigenvalue weighted by atomic mass is 35.5. The van der Waals surface area contributed by atoms with Crippen LogP contribution in [0, 0.1) is 4.77 Å². The lowest BCUT2D eigenvalue weighted by molar-refractivity contribution is 0.478. The van der Waals surface area contributed by atoms with Gasteiger partial charge in [0.15, 0.2) is 4.77 Å². The second-order valence-electron chi connectivity index (χ2n) is 3.91. The maximum Gasteiger partial charge on any atom is 0.178 e. The van der Waals surface area contributed by atoms with E-state index in [1.54, 1.807) is 0 Å². The molecule has 0 saturated carbocycles. The number of fused-ring (bicyclic) bond motifs is 1. The number of para-hydroxylation sites is 1. The van der Waals surface area contributed by atoms with Gasteiger partial charge in [0.25, 0.3) is 0 Å². The average Bonchev–Trinajstić information content (AvgIpc) is 2.59. The van der Waals surface area contributed by atoms with Gasteiger partial charge < -0.3 is 9.55 Å². The molecule has 0 saturated heterocycles. The Labute approximate surface area is 105 Å². The summed E-state index contributed by atoms with van der Waals surface area (Å²) in [6, 6.07) is 6.27. The fourth-order valence-corrected chi connectivity index (χ4v) is 2.76. The zero-order chi connectivity index (χ0) is 11.7. The molecular formula is C12H15ClN2S. The number of aromatic nitrogens is 2. The van der Waals surface area contributed by atoms with E-state index in [4.69, 9.17) is 23.8 Å². The van der Waals surface area contributed by atoms with Crippen molar-refractivity contribution in [3.8, 4) is 0 Å². The van der Waals surface area contributed by atoms with E-state index in [-0.39, 0.29) is 0 Å². The SMILES string of the molecule is CCC(CC)n1c(=S)[nH]c2cccc(Cl)c21. The molecule has 1 aromatic carbocycles. The van der Waals surface area contributed by atoms with Crippen LogP contribution in [-0.4, -0.2) is 9.55 Å². The number of nitrogens with one attached hydrogen (secondary N) is 1. The molecule has 0 fully saturated rings. The van der Waals surface area contributed by atoms with E-state index < -0.39 is 0 Å². The first-order valence-corrected chi connectivity index (χ1v) is 6.36. The first kappa shape index (κ1) is 11.7. The topological polar surface area (TPSA) is 20.7 Å². The Morgan fingerprint density at radius 3 is 2.69 bits per heavy atom. The number of aromatic amines is 1. The zero-order valence-corrected chi connectivity index (χ0v) is 11.0. The van der Waals surface area contributed by atoms with Crippen LogP contribution in [0.25, 0.3) is 11.0 Å². The van der Waals surface area contributed by atoms with E-state index in [1.165, 1.54) is 0 Å². The maximum absolute atomic E-state index is 6.25. The fourth-order valence-electron chi connectivity index (χ4n) is 2.14. The summed E-state index contributed by atoms with van der Waals surface area (Å²) >= 11 is 11.6. The van der Waals surface area contributed by atoms with E-state index in [0.29, 0.717) is 6.04 Å². The molecule has 0 aliphatic carbocycles. The highest BCUT2D eigenvalue weighted by Gasteiger charge is 2.13. The second-order valence-corrected chi connectivity index (χ2v) is 4.70. The minimum atomic E-state index is 0.418. The van der Waals surface area contributed by atoms with E-state index in [9.17, 15) is 0 Å². The maximum atomic E-state index is 6.25. The molecule has 4 heteroatoms. The molecule has 2 rings (SSSR count). The molecule has 86 valence electrons. The van der Waals surface area contributed by atoms with Gasteiger partial charge in [0.1, 0.15) is 0 Å². The van der Waals surface area contributed by atoms with E-state index in [0.717, 1.165) is 33.7 Å². The Hall–Kier alpha value is -0.800. The number of H-pyrrole nitrogens is 1. The molecular weight excluding hydrogens is 240 g/mol. The highest BCUT2D eigenvalue weighted by molar-refractivity contribution is 7.71. The van der Waals surface area contributed by atoms with Crippen LogP contribution in [0.5, 0.6) is 0 Å². The van der Waals surface area contributed by atoms with Crippen LogP contribution in [0.4, 0.5) is 0 Å². The predicted molar refractivity (Wildman–Crippen MR) is 71.8 cm³/mol. The van der Waals surface area contributed by atoms with Gasteiger partial charge in [-0.25, -0.2) is 0 Å². The van der Waals surface area contributed by atoms with Crippen LogP contribution >= 0.6 is 23.8 Å². The molecule has 0 amide bonds. The molecule has 0 aliphatic rings. The zero-order valence-electron chi connectivity index (χ0n) is 9.46. The second kappa shape index (κ2) is 4.60. The number of hydrogen-bond donors (Lipinski definition) is 1. The van der Waals surface area contributed by atoms with E-state index in [2.05, 4.69) is 23.4 Å². The van der Waals surface area contributed by atoms with Crippen molar-refractivity contribution in [1.82, 2.24) is 9.55 Å². The van der Waals surface area contributed by atoms with Crippen LogP contribution < -0.4 is 0 Å². The van der Waals surface area contributed by atoms with Crippen molar-refractivity contribution in [3.05, 3.63) is 28.0 Å². The van der Waals surface area contributed by atoms with Crippen molar-refractivity contribution in [2.24, 2.45) is 0 Å². The van der Waals surface area contributed by atoms with Gasteiger partial charge >= 0.3 is 0 Å². The molecule has 0 aliphatic heterocycles. The van der Waals surface area contributed by atoms with E-state index >= 15 is 0 Å². The minimum Gasteiger partial charge on any atom is -0.331 e. The third kappa shape index (κ3) is 1.78. The van der Waals surface area contributed by atoms with Gasteiger partial charge in [-0.2, -0.15) is 0 Å². The van der Waals surface area contributed by atoms with Gasteiger partial charge in [0.2, 0.25) is 0 Å². The van der Waals surface area contributed by atoms with Crippen LogP contribution in [0.3, 0.4) is 0 Å². The normalized spacial score (nSPS) is 11.5. The number of hydrogen-bond acceptors (Lipinski definition) is 1. The number of nitrogens with zero attached hydrogens (tertiary/aromatic N) is 1. The van der Waals surface area contributed by atoms with Gasteiger partial charge in [0, 0.05) is 6.04 Å². The largest absolute Gasteiger partial charge is 0.331 e. The third-order valence-electron chi connectivity index (χ3n) is 3.00. The minimum absolute atomic E-state index is 0.418. The number of benzene rings is 1. The summed E-state index contributed by atoms with van der Waals surface area (Å²) in [5.74, 6) is 0. The molecule has 2 aromatic rings. The first-order chi connectivity index (χ1) is 7.69. The van der Waals surface area contributed by atoms with Crippen molar-refractivity contribution in [1.29, 1.82) is 0 Å². The molecule has 1 aromatic heterocycles. The van der Waals surface area contributed by atoms with Crippen LogP contribution in [0.15, 0.2) is 18.2 Å². The standard InChI is InChI=1S/C12H15ClN2S/c1-3-8(4-2)15-11-9(13)6-5-7-10(11)14-12(15)16/h5-8H,3-4H2,1-2H3,(H,14,16). The Balaban J connectivity index is 2.77. The molecule has 0 radical (unpaired) electrons. The number of halogens is 1. The summed E-state index contributed by atoms with van der Waals surface area (Å²) in [7, 11) is 0. The van der Waals surface area contributed by atoms with Gasteiger partial charge in [-0.3, -0.25) is 0 Å². The van der Waals surface area contributed by atoms with Crippen LogP contribution in [-0.2, 0) is 0 Å². The summed E-state index contributed by atoms with van der Waals surface area (Å²) < 4.78 is 2.91. The smallest absolute Gasteiger partial charge is 0.178 e. The van der Waals surface area contributed by atoms with Gasteiger partial charge in [-0.1, -0.05) is 31.5 Å². The van der Waals surface area contributed by atoms with Crippen molar-refractivity contribution in [3.63, 3.8) is 0 Å². The molecule has 0 atom stereocenters. The van der Waals surface area contributed by atoms with Crippen molar-refractivity contribution < 1.29 is 0 Å². The molecule has 16 heavy (non-hydrogen) atoms. The molecule has 2 nitrogen and oxygen atoms in total. The summed E-state index contributed by atoms with van der Waals surface area (Å²) in [6.07, 6.45) is 2.12. The Kier molecular flexibility index (Phi) is 3.36. The summed E-state index contributed by atoms with van der Waals surface area (Å²) in [6.45, 7) is 4.34. The third-order valence-corrected chi connectivity index (χ3v) is 3.60. The fraction of sp³-hybridized carbons (Fsp3) is 0.417. The van der Waals surface area contributed by atoms with E-state index in [1.807, 2.05) is 18.2 Å². The molecule has 1 heterocycles. The Bertz CT molecular complexity index is 552. The molecule has 0 spiro atoms. The highest BCUT2D eigenvalue weighted by Crippen LogP contribution is 2.28. The monoisotopic (exact) mass is 254 g/mol. The molecule has 0 bridgehead atoms. The summed E-state index contributed by atoms with van der Waals surface area (Å²) in [5.41, 5.74) is 2.05. The molecule has 1 N–H and O–H groups in total. The lowest BCUT2D eigenvalue weighted by atomic mass is 10.1. The van der Waals surface area contributed by atoms with Crippen molar-refractivity contribution >= 4 is 34.9 Å². The Morgan fingerprint density at radius 2 is 2.06 bits per heavy atom. The molecule has 0 unspecified atom stereocenters. The Morgan fingerprint density at radius 1 is 1.38 bits per heavy atom. The van der Waals surface area contributed by atoms with Crippen molar-refractivity contribution in [2.75, 3.05) is 0 Å². The average molecular weight is 255 g/mol. The van der Waals surface area contributed by atoms with Crippen molar-refractivity contribution in [2.45, 2.75) is 32.7 Å². The van der Waals surface area contributed by atoms with Gasteiger partial charge in [-0.05, 0) is 37.2 Å².